The molecule has 0 fully saturated rings. The van der Waals surface area contributed by atoms with E-state index < -0.39 is 23.6 Å². The van der Waals surface area contributed by atoms with Crippen LogP contribution in [0.3, 0.4) is 0 Å². The number of nitrogens with one attached hydrogen (secondary N) is 1. The molecule has 1 atom stereocenters. The molecule has 2 rings (SSSR count). The van der Waals surface area contributed by atoms with Crippen molar-refractivity contribution in [3.63, 3.8) is 0 Å². The zero-order chi connectivity index (χ0) is 19.3. The minimum atomic E-state index is -0.967. The molecule has 0 saturated heterocycles. The minimum Gasteiger partial charge on any atom is -0.493 e. The molecule has 1 unspecified atom stereocenters. The van der Waals surface area contributed by atoms with E-state index in [-0.39, 0.29) is 10.6 Å². The van der Waals surface area contributed by atoms with Crippen molar-refractivity contribution in [2.24, 2.45) is 0 Å². The van der Waals surface area contributed by atoms with E-state index >= 15 is 0 Å². The Kier molecular flexibility index (Phi) is 6.80. The molecule has 4 nitrogen and oxygen atoms in total. The van der Waals surface area contributed by atoms with Gasteiger partial charge in [0.15, 0.2) is 23.1 Å². The molecule has 0 bridgehead atoms. The van der Waals surface area contributed by atoms with E-state index in [2.05, 4.69) is 5.32 Å². The Labute approximate surface area is 156 Å². The highest BCUT2D eigenvalue weighted by Crippen LogP contribution is 2.36. The second kappa shape index (κ2) is 8.85. The normalized spacial score (nSPS) is 11.8. The SMILES string of the molecule is CCCOc1c(Cl)cc(C(=O)NC(C)c2ccc(F)c(F)c2)cc1OC. The lowest BCUT2D eigenvalue weighted by molar-refractivity contribution is 0.0939. The van der Waals surface area contributed by atoms with Crippen molar-refractivity contribution in [3.8, 4) is 11.5 Å². The van der Waals surface area contributed by atoms with Crippen LogP contribution in [-0.2, 0) is 0 Å². The first kappa shape index (κ1) is 20.0. The molecular formula is C19H20ClF2NO3. The van der Waals surface area contributed by atoms with Gasteiger partial charge in [0.05, 0.1) is 24.8 Å². The highest BCUT2D eigenvalue weighted by atomic mass is 35.5. The van der Waals surface area contributed by atoms with Gasteiger partial charge in [0.25, 0.3) is 5.91 Å². The van der Waals surface area contributed by atoms with Gasteiger partial charge in [-0.15, -0.1) is 0 Å². The van der Waals surface area contributed by atoms with Crippen LogP contribution in [0.25, 0.3) is 0 Å². The average molecular weight is 384 g/mol. The molecule has 2 aromatic carbocycles. The van der Waals surface area contributed by atoms with E-state index in [0.29, 0.717) is 23.7 Å². The fourth-order valence-electron chi connectivity index (χ4n) is 2.34. The van der Waals surface area contributed by atoms with Crippen molar-refractivity contribution in [3.05, 3.63) is 58.1 Å². The van der Waals surface area contributed by atoms with Crippen LogP contribution in [0.1, 0.15) is 42.2 Å². The van der Waals surface area contributed by atoms with Crippen LogP contribution in [0.5, 0.6) is 11.5 Å². The Morgan fingerprint density at radius 2 is 1.96 bits per heavy atom. The van der Waals surface area contributed by atoms with Gasteiger partial charge in [0.2, 0.25) is 0 Å². The number of carbonyl (C=O) groups excluding carboxylic acids is 1. The maximum absolute atomic E-state index is 13.4. The molecule has 0 heterocycles. The molecule has 0 aliphatic rings. The van der Waals surface area contributed by atoms with Crippen molar-refractivity contribution >= 4 is 17.5 Å². The number of halogens is 3. The Morgan fingerprint density at radius 3 is 2.58 bits per heavy atom. The van der Waals surface area contributed by atoms with Crippen molar-refractivity contribution in [2.75, 3.05) is 13.7 Å². The number of rotatable bonds is 7. The third-order valence-electron chi connectivity index (χ3n) is 3.73. The lowest BCUT2D eigenvalue weighted by Gasteiger charge is -2.17. The Bertz CT molecular complexity index is 799. The van der Waals surface area contributed by atoms with Gasteiger partial charge in [0.1, 0.15) is 0 Å². The first-order chi connectivity index (χ1) is 12.4. The predicted octanol–water partition coefficient (Wildman–Crippen LogP) is 4.91. The highest BCUT2D eigenvalue weighted by Gasteiger charge is 2.18. The summed E-state index contributed by atoms with van der Waals surface area (Å²) in [6.45, 7) is 4.10. The van der Waals surface area contributed by atoms with E-state index in [1.807, 2.05) is 6.92 Å². The third-order valence-corrected chi connectivity index (χ3v) is 4.01. The summed E-state index contributed by atoms with van der Waals surface area (Å²) in [6, 6.07) is 5.95. The van der Waals surface area contributed by atoms with Gasteiger partial charge in [-0.3, -0.25) is 4.79 Å². The smallest absolute Gasteiger partial charge is 0.251 e. The van der Waals surface area contributed by atoms with E-state index in [4.69, 9.17) is 21.1 Å². The van der Waals surface area contributed by atoms with Crippen molar-refractivity contribution in [2.45, 2.75) is 26.3 Å². The molecule has 7 heteroatoms. The first-order valence-electron chi connectivity index (χ1n) is 8.13. The van der Waals surface area contributed by atoms with E-state index in [1.54, 1.807) is 6.92 Å². The van der Waals surface area contributed by atoms with Gasteiger partial charge in [-0.2, -0.15) is 0 Å². The Balaban J connectivity index is 2.20. The lowest BCUT2D eigenvalue weighted by atomic mass is 10.1. The Morgan fingerprint density at radius 1 is 1.23 bits per heavy atom. The molecule has 0 spiro atoms. The maximum atomic E-state index is 13.4. The van der Waals surface area contributed by atoms with E-state index in [9.17, 15) is 13.6 Å². The van der Waals surface area contributed by atoms with Crippen LogP contribution < -0.4 is 14.8 Å². The fourth-order valence-corrected chi connectivity index (χ4v) is 2.61. The second-order valence-electron chi connectivity index (χ2n) is 5.71. The molecular weight excluding hydrogens is 364 g/mol. The highest BCUT2D eigenvalue weighted by molar-refractivity contribution is 6.32. The zero-order valence-corrected chi connectivity index (χ0v) is 15.5. The van der Waals surface area contributed by atoms with Crippen molar-refractivity contribution < 1.29 is 23.0 Å². The number of hydrogen-bond donors (Lipinski definition) is 1. The van der Waals surface area contributed by atoms with Crippen molar-refractivity contribution in [1.29, 1.82) is 0 Å². The number of amides is 1. The molecule has 0 aliphatic carbocycles. The summed E-state index contributed by atoms with van der Waals surface area (Å²) in [5, 5.41) is 2.97. The summed E-state index contributed by atoms with van der Waals surface area (Å²) in [5.41, 5.74) is 0.711. The van der Waals surface area contributed by atoms with Crippen LogP contribution in [0.2, 0.25) is 5.02 Å². The molecule has 2 aromatic rings. The van der Waals surface area contributed by atoms with Crippen LogP contribution in [-0.4, -0.2) is 19.6 Å². The van der Waals surface area contributed by atoms with Gasteiger partial charge < -0.3 is 14.8 Å². The Hall–Kier alpha value is -2.34. The number of benzene rings is 2. The van der Waals surface area contributed by atoms with Gasteiger partial charge in [-0.25, -0.2) is 8.78 Å². The van der Waals surface area contributed by atoms with Crippen LogP contribution in [0, 0.1) is 11.6 Å². The number of hydrogen-bond acceptors (Lipinski definition) is 3. The molecule has 0 aromatic heterocycles. The van der Waals surface area contributed by atoms with Gasteiger partial charge in [-0.1, -0.05) is 24.6 Å². The lowest BCUT2D eigenvalue weighted by Crippen LogP contribution is -2.26. The summed E-state index contributed by atoms with van der Waals surface area (Å²) in [4.78, 5) is 12.5. The summed E-state index contributed by atoms with van der Waals surface area (Å²) in [5.74, 6) is -1.61. The van der Waals surface area contributed by atoms with Crippen molar-refractivity contribution in [1.82, 2.24) is 5.32 Å². The molecule has 26 heavy (non-hydrogen) atoms. The van der Waals surface area contributed by atoms with Crippen LogP contribution >= 0.6 is 11.6 Å². The molecule has 0 aliphatic heterocycles. The summed E-state index contributed by atoms with van der Waals surface area (Å²) in [7, 11) is 1.45. The second-order valence-corrected chi connectivity index (χ2v) is 6.11. The van der Waals surface area contributed by atoms with Crippen LogP contribution in [0.4, 0.5) is 8.78 Å². The zero-order valence-electron chi connectivity index (χ0n) is 14.7. The monoisotopic (exact) mass is 383 g/mol. The molecule has 1 N–H and O–H groups in total. The van der Waals surface area contributed by atoms with Gasteiger partial charge in [-0.05, 0) is 43.2 Å². The summed E-state index contributed by atoms with van der Waals surface area (Å²) >= 11 is 6.21. The summed E-state index contributed by atoms with van der Waals surface area (Å²) in [6.07, 6.45) is 0.799. The summed E-state index contributed by atoms with van der Waals surface area (Å²) < 4.78 is 37.2. The first-order valence-corrected chi connectivity index (χ1v) is 8.51. The third kappa shape index (κ3) is 4.64. The average Bonchev–Trinajstić information content (AvgIpc) is 2.62. The quantitative estimate of drug-likeness (QED) is 0.739. The topological polar surface area (TPSA) is 47.6 Å². The van der Waals surface area contributed by atoms with Crippen LogP contribution in [0.15, 0.2) is 30.3 Å². The standard InChI is InChI=1S/C19H20ClF2NO3/c1-4-7-26-18-14(20)8-13(10-17(18)25-3)19(24)23-11(2)12-5-6-15(21)16(22)9-12/h5-6,8-11H,4,7H2,1-3H3,(H,23,24). The fraction of sp³-hybridized carbons (Fsp3) is 0.316. The maximum Gasteiger partial charge on any atom is 0.251 e. The van der Waals surface area contributed by atoms with E-state index in [1.165, 1.54) is 25.3 Å². The van der Waals surface area contributed by atoms with Gasteiger partial charge in [0, 0.05) is 5.56 Å². The number of methoxy groups -OCH3 is 1. The molecule has 140 valence electrons. The number of ether oxygens (including phenoxy) is 2. The minimum absolute atomic E-state index is 0.253. The van der Waals surface area contributed by atoms with Gasteiger partial charge >= 0.3 is 0 Å². The molecule has 0 saturated carbocycles. The number of carbonyl (C=O) groups is 1. The predicted molar refractivity (Wildman–Crippen MR) is 96.0 cm³/mol. The largest absolute Gasteiger partial charge is 0.493 e. The molecule has 0 radical (unpaired) electrons. The van der Waals surface area contributed by atoms with E-state index in [0.717, 1.165) is 18.6 Å². The molecule has 1 amide bonds.